The number of aliphatic hydroxyl groups is 1. The summed E-state index contributed by atoms with van der Waals surface area (Å²) in [6.07, 6.45) is 6.98. The van der Waals surface area contributed by atoms with Crippen LogP contribution in [0.25, 0.3) is 21.9 Å². The fourth-order valence-corrected chi connectivity index (χ4v) is 5.08. The number of ether oxygens (including phenoxy) is 2. The number of aryl methyl sites for hydroxylation is 1. The number of aromatic nitrogens is 2. The Kier molecular flexibility index (Phi) is 6.17. The van der Waals surface area contributed by atoms with Crippen LogP contribution in [0.1, 0.15) is 26.2 Å². The molecule has 1 N–H and O–H groups in total. The van der Waals surface area contributed by atoms with Gasteiger partial charge in [0.15, 0.2) is 0 Å². The summed E-state index contributed by atoms with van der Waals surface area (Å²) in [5.74, 6) is 0.780. The van der Waals surface area contributed by atoms with E-state index in [1.54, 1.807) is 0 Å². The van der Waals surface area contributed by atoms with Gasteiger partial charge >= 0.3 is 0 Å². The van der Waals surface area contributed by atoms with Gasteiger partial charge < -0.3 is 19.5 Å². The Hall–Kier alpha value is -2.41. The maximum atomic E-state index is 10.6. The molecular formula is C26H33N3O3. The highest BCUT2D eigenvalue weighted by Gasteiger charge is 2.38. The van der Waals surface area contributed by atoms with Crippen LogP contribution in [0, 0.1) is 5.41 Å². The zero-order chi connectivity index (χ0) is 22.0. The zero-order valence-corrected chi connectivity index (χ0v) is 18.9. The minimum Gasteiger partial charge on any atom is -0.491 e. The number of hydrogen-bond donors (Lipinski definition) is 1. The van der Waals surface area contributed by atoms with Crippen LogP contribution >= 0.6 is 0 Å². The molecule has 0 amide bonds. The van der Waals surface area contributed by atoms with Gasteiger partial charge in [-0.25, -0.2) is 0 Å². The Balaban J connectivity index is 1.24. The first kappa shape index (κ1) is 21.4. The summed E-state index contributed by atoms with van der Waals surface area (Å²) >= 11 is 0. The largest absolute Gasteiger partial charge is 0.491 e. The molecule has 3 aromatic rings. The third-order valence-corrected chi connectivity index (χ3v) is 7.12. The Labute approximate surface area is 189 Å². The van der Waals surface area contributed by atoms with Crippen molar-refractivity contribution in [3.63, 3.8) is 0 Å². The van der Waals surface area contributed by atoms with E-state index in [0.29, 0.717) is 12.0 Å². The van der Waals surface area contributed by atoms with E-state index in [4.69, 9.17) is 9.47 Å². The maximum Gasteiger partial charge on any atom is 0.120 e. The summed E-state index contributed by atoms with van der Waals surface area (Å²) in [6, 6.07) is 12.4. The molecule has 0 bridgehead atoms. The van der Waals surface area contributed by atoms with Gasteiger partial charge in [0.25, 0.3) is 0 Å². The van der Waals surface area contributed by atoms with E-state index < -0.39 is 6.10 Å². The van der Waals surface area contributed by atoms with Crippen LogP contribution in [0.15, 0.2) is 48.8 Å². The second kappa shape index (κ2) is 9.22. The standard InChI is InChI=1S/C26H33N3O3/c1-2-29-16-21(15-27-29)25-14-23(13-20-5-3-4-6-24(20)25)32-18-22(30)17-28-10-7-26(8-11-28)9-12-31-19-26/h3-6,13-16,22,30H,2,7-12,17-19H2,1H3. The van der Waals surface area contributed by atoms with Crippen LogP contribution in [-0.2, 0) is 11.3 Å². The minimum atomic E-state index is -0.512. The predicted octanol–water partition coefficient (Wildman–Crippen LogP) is 3.97. The average molecular weight is 436 g/mol. The van der Waals surface area contributed by atoms with Crippen LogP contribution in [0.4, 0.5) is 0 Å². The zero-order valence-electron chi connectivity index (χ0n) is 18.9. The molecule has 1 atom stereocenters. The van der Waals surface area contributed by atoms with Crippen molar-refractivity contribution in [2.24, 2.45) is 5.41 Å². The normalized spacial score (nSPS) is 19.6. The molecule has 1 spiro atoms. The van der Waals surface area contributed by atoms with Crippen molar-refractivity contribution in [2.45, 2.75) is 38.8 Å². The van der Waals surface area contributed by atoms with Gasteiger partial charge in [0.05, 0.1) is 12.8 Å². The van der Waals surface area contributed by atoms with Gasteiger partial charge in [-0.05, 0) is 73.2 Å². The Morgan fingerprint density at radius 3 is 2.78 bits per heavy atom. The lowest BCUT2D eigenvalue weighted by molar-refractivity contribution is 0.0319. The molecule has 1 unspecified atom stereocenters. The number of benzene rings is 2. The number of aliphatic hydroxyl groups excluding tert-OH is 1. The van der Waals surface area contributed by atoms with Crippen LogP contribution in [0.2, 0.25) is 0 Å². The molecule has 3 heterocycles. The second-order valence-corrected chi connectivity index (χ2v) is 9.34. The molecule has 5 rings (SSSR count). The van der Waals surface area contributed by atoms with Crippen molar-refractivity contribution in [1.29, 1.82) is 0 Å². The van der Waals surface area contributed by atoms with Gasteiger partial charge in [-0.15, -0.1) is 0 Å². The average Bonchev–Trinajstić information content (AvgIpc) is 3.49. The number of nitrogens with zero attached hydrogens (tertiary/aromatic N) is 3. The third-order valence-electron chi connectivity index (χ3n) is 7.12. The molecule has 0 radical (unpaired) electrons. The third kappa shape index (κ3) is 4.53. The Bertz CT molecular complexity index is 1050. The van der Waals surface area contributed by atoms with Crippen molar-refractivity contribution >= 4 is 10.8 Å². The van der Waals surface area contributed by atoms with E-state index in [0.717, 1.165) is 55.1 Å². The Morgan fingerprint density at radius 1 is 1.19 bits per heavy atom. The highest BCUT2D eigenvalue weighted by Crippen LogP contribution is 2.39. The highest BCUT2D eigenvalue weighted by molar-refractivity contribution is 5.97. The molecule has 0 aliphatic carbocycles. The number of hydrogen-bond acceptors (Lipinski definition) is 5. The molecule has 170 valence electrons. The maximum absolute atomic E-state index is 10.6. The lowest BCUT2D eigenvalue weighted by Gasteiger charge is -2.38. The molecule has 0 saturated carbocycles. The van der Waals surface area contributed by atoms with Crippen LogP contribution in [-0.4, -0.2) is 65.3 Å². The van der Waals surface area contributed by atoms with Gasteiger partial charge in [-0.1, -0.05) is 24.3 Å². The lowest BCUT2D eigenvalue weighted by Crippen LogP contribution is -2.44. The van der Waals surface area contributed by atoms with E-state index in [1.807, 2.05) is 16.9 Å². The SMILES string of the molecule is CCn1cc(-c2cc(OCC(O)CN3CCC4(CCOC4)CC3)cc3ccccc23)cn1. The van der Waals surface area contributed by atoms with Crippen LogP contribution < -0.4 is 4.74 Å². The lowest BCUT2D eigenvalue weighted by atomic mass is 9.78. The van der Waals surface area contributed by atoms with Gasteiger partial charge in [-0.3, -0.25) is 4.68 Å². The van der Waals surface area contributed by atoms with Gasteiger partial charge in [-0.2, -0.15) is 5.10 Å². The molecule has 2 aromatic carbocycles. The summed E-state index contributed by atoms with van der Waals surface area (Å²) < 4.78 is 13.6. The number of rotatable bonds is 7. The molecule has 2 aliphatic heterocycles. The van der Waals surface area contributed by atoms with Crippen molar-refractivity contribution in [2.75, 3.05) is 39.5 Å². The van der Waals surface area contributed by atoms with Gasteiger partial charge in [0.2, 0.25) is 0 Å². The van der Waals surface area contributed by atoms with Crippen LogP contribution in [0.3, 0.4) is 0 Å². The summed E-state index contributed by atoms with van der Waals surface area (Å²) in [7, 11) is 0. The van der Waals surface area contributed by atoms with E-state index in [9.17, 15) is 5.11 Å². The molecule has 2 saturated heterocycles. The first-order valence-corrected chi connectivity index (χ1v) is 11.8. The topological polar surface area (TPSA) is 59.8 Å². The number of β-amino-alcohol motifs (C(OH)–C–C–N with tert-alkyl or cyclic N) is 1. The van der Waals surface area contributed by atoms with E-state index >= 15 is 0 Å². The van der Waals surface area contributed by atoms with Gasteiger partial charge in [0.1, 0.15) is 18.5 Å². The predicted molar refractivity (Wildman–Crippen MR) is 126 cm³/mol. The van der Waals surface area contributed by atoms with Gasteiger partial charge in [0, 0.05) is 31.5 Å². The molecular weight excluding hydrogens is 402 g/mol. The molecule has 1 aromatic heterocycles. The molecule has 6 nitrogen and oxygen atoms in total. The first-order valence-electron chi connectivity index (χ1n) is 11.8. The molecule has 2 aliphatic rings. The smallest absolute Gasteiger partial charge is 0.120 e. The molecule has 2 fully saturated rings. The van der Waals surface area contributed by atoms with E-state index in [1.165, 1.54) is 24.6 Å². The molecule has 32 heavy (non-hydrogen) atoms. The summed E-state index contributed by atoms with van der Waals surface area (Å²) in [5, 5.41) is 17.4. The number of piperidine rings is 1. The first-order chi connectivity index (χ1) is 15.6. The van der Waals surface area contributed by atoms with Crippen molar-refractivity contribution < 1.29 is 14.6 Å². The van der Waals surface area contributed by atoms with E-state index in [-0.39, 0.29) is 6.61 Å². The van der Waals surface area contributed by atoms with Crippen molar-refractivity contribution in [1.82, 2.24) is 14.7 Å². The number of likely N-dealkylation sites (tertiary alicyclic amines) is 1. The number of fused-ring (bicyclic) bond motifs is 1. The fraction of sp³-hybridized carbons (Fsp3) is 0.500. The summed E-state index contributed by atoms with van der Waals surface area (Å²) in [5.41, 5.74) is 2.57. The second-order valence-electron chi connectivity index (χ2n) is 9.34. The minimum absolute atomic E-state index is 0.288. The fourth-order valence-electron chi connectivity index (χ4n) is 5.08. The Morgan fingerprint density at radius 2 is 2.03 bits per heavy atom. The van der Waals surface area contributed by atoms with E-state index in [2.05, 4.69) is 53.5 Å². The van der Waals surface area contributed by atoms with Crippen molar-refractivity contribution in [3.8, 4) is 16.9 Å². The van der Waals surface area contributed by atoms with Crippen LogP contribution in [0.5, 0.6) is 5.75 Å². The molecule has 6 heteroatoms. The monoisotopic (exact) mass is 435 g/mol. The highest BCUT2D eigenvalue weighted by atomic mass is 16.5. The summed E-state index contributed by atoms with van der Waals surface area (Å²) in [4.78, 5) is 2.36. The quantitative estimate of drug-likeness (QED) is 0.609. The van der Waals surface area contributed by atoms with Crippen molar-refractivity contribution in [3.05, 3.63) is 48.8 Å². The summed E-state index contributed by atoms with van der Waals surface area (Å²) in [6.45, 7) is 7.74.